The molecular weight excluding hydrogens is 548 g/mol. The normalized spacial score (nSPS) is 14.4. The van der Waals surface area contributed by atoms with Crippen molar-refractivity contribution in [3.8, 4) is 5.69 Å². The van der Waals surface area contributed by atoms with E-state index in [2.05, 4.69) is 61.5 Å². The zero-order chi connectivity index (χ0) is 25.7. The molecule has 2 aromatic carbocycles. The van der Waals surface area contributed by atoms with E-state index in [4.69, 9.17) is 31.4 Å². The van der Waals surface area contributed by atoms with E-state index in [1.807, 2.05) is 35.1 Å². The fraction of sp³-hybridized carbons (Fsp3) is 0.269. The Morgan fingerprint density at radius 1 is 1.11 bits per heavy atom. The molecule has 1 aliphatic heterocycles. The maximum atomic E-state index is 9.10. The summed E-state index contributed by atoms with van der Waals surface area (Å²) < 4.78 is 3.01. The average molecular weight is 574 g/mol. The SMILES string of the molecule is Clc1ccc2[nH]cc(C3CCN(CCc4cnn(-c5ccccc5Br)c4)CC3)c2c1.O=C(O)C(=O)O. The number of hydrogen-bond donors (Lipinski definition) is 3. The summed E-state index contributed by atoms with van der Waals surface area (Å²) >= 11 is 9.83. The van der Waals surface area contributed by atoms with Gasteiger partial charge in [-0.15, -0.1) is 0 Å². The third-order valence-electron chi connectivity index (χ3n) is 6.34. The molecule has 1 fully saturated rings. The minimum absolute atomic E-state index is 0.603. The van der Waals surface area contributed by atoms with Gasteiger partial charge in [-0.2, -0.15) is 5.10 Å². The molecule has 1 saturated heterocycles. The molecule has 0 saturated carbocycles. The molecule has 10 heteroatoms. The van der Waals surface area contributed by atoms with Gasteiger partial charge in [0.1, 0.15) is 0 Å². The van der Waals surface area contributed by atoms with Gasteiger partial charge in [-0.25, -0.2) is 14.3 Å². The molecular formula is C26H26BrClN4O4. The van der Waals surface area contributed by atoms with Crippen LogP contribution in [0.1, 0.15) is 29.9 Å². The summed E-state index contributed by atoms with van der Waals surface area (Å²) in [7, 11) is 0. The van der Waals surface area contributed by atoms with Crippen molar-refractivity contribution < 1.29 is 19.8 Å². The minimum atomic E-state index is -1.82. The van der Waals surface area contributed by atoms with E-state index in [-0.39, 0.29) is 0 Å². The number of likely N-dealkylation sites (tertiary alicyclic amines) is 1. The molecule has 188 valence electrons. The van der Waals surface area contributed by atoms with Crippen molar-refractivity contribution in [1.29, 1.82) is 0 Å². The zero-order valence-corrected chi connectivity index (χ0v) is 21.7. The van der Waals surface area contributed by atoms with Gasteiger partial charge in [0, 0.05) is 39.3 Å². The molecule has 3 N–H and O–H groups in total. The molecule has 0 unspecified atom stereocenters. The fourth-order valence-corrected chi connectivity index (χ4v) is 5.10. The molecule has 36 heavy (non-hydrogen) atoms. The highest BCUT2D eigenvalue weighted by atomic mass is 79.9. The van der Waals surface area contributed by atoms with Crippen LogP contribution in [0.4, 0.5) is 0 Å². The molecule has 0 atom stereocenters. The number of carboxylic acids is 2. The average Bonchev–Trinajstić information content (AvgIpc) is 3.51. The van der Waals surface area contributed by atoms with Crippen molar-refractivity contribution in [2.75, 3.05) is 19.6 Å². The van der Waals surface area contributed by atoms with Crippen molar-refractivity contribution in [2.24, 2.45) is 0 Å². The van der Waals surface area contributed by atoms with E-state index in [1.165, 1.54) is 34.9 Å². The lowest BCUT2D eigenvalue weighted by atomic mass is 9.89. The number of halogens is 2. The second-order valence-electron chi connectivity index (χ2n) is 8.65. The van der Waals surface area contributed by atoms with Gasteiger partial charge in [-0.05, 0) is 95.7 Å². The lowest BCUT2D eigenvalue weighted by molar-refractivity contribution is -0.159. The van der Waals surface area contributed by atoms with Crippen LogP contribution in [0, 0.1) is 0 Å². The molecule has 0 radical (unpaired) electrons. The Hall–Kier alpha value is -3.14. The van der Waals surface area contributed by atoms with Gasteiger partial charge in [0.05, 0.1) is 11.9 Å². The predicted molar refractivity (Wildman–Crippen MR) is 142 cm³/mol. The molecule has 2 aromatic heterocycles. The number of fused-ring (bicyclic) bond motifs is 1. The van der Waals surface area contributed by atoms with E-state index < -0.39 is 11.9 Å². The van der Waals surface area contributed by atoms with Gasteiger partial charge in [0.15, 0.2) is 0 Å². The second kappa shape index (κ2) is 11.7. The lowest BCUT2D eigenvalue weighted by Crippen LogP contribution is -2.34. The van der Waals surface area contributed by atoms with Crippen LogP contribution in [-0.4, -0.2) is 61.5 Å². The van der Waals surface area contributed by atoms with Crippen molar-refractivity contribution in [3.05, 3.63) is 81.7 Å². The largest absolute Gasteiger partial charge is 0.473 e. The van der Waals surface area contributed by atoms with Crippen LogP contribution in [0.3, 0.4) is 0 Å². The number of nitrogens with zero attached hydrogens (tertiary/aromatic N) is 3. The first kappa shape index (κ1) is 25.9. The maximum Gasteiger partial charge on any atom is 0.414 e. The van der Waals surface area contributed by atoms with Crippen LogP contribution < -0.4 is 0 Å². The number of H-pyrrole nitrogens is 1. The maximum absolute atomic E-state index is 9.10. The molecule has 0 amide bonds. The fourth-order valence-electron chi connectivity index (χ4n) is 4.47. The Morgan fingerprint density at radius 2 is 1.83 bits per heavy atom. The Morgan fingerprint density at radius 3 is 2.53 bits per heavy atom. The molecule has 0 aliphatic carbocycles. The summed E-state index contributed by atoms with van der Waals surface area (Å²) in [4.78, 5) is 24.2. The summed E-state index contributed by atoms with van der Waals surface area (Å²) in [6, 6.07) is 14.3. The number of nitrogens with one attached hydrogen (secondary N) is 1. The first-order chi connectivity index (χ1) is 17.3. The highest BCUT2D eigenvalue weighted by Gasteiger charge is 2.23. The number of aromatic nitrogens is 3. The van der Waals surface area contributed by atoms with Crippen LogP contribution in [0.2, 0.25) is 5.02 Å². The van der Waals surface area contributed by atoms with E-state index in [9.17, 15) is 0 Å². The van der Waals surface area contributed by atoms with Crippen LogP contribution in [-0.2, 0) is 16.0 Å². The summed E-state index contributed by atoms with van der Waals surface area (Å²) in [6.45, 7) is 3.35. The highest BCUT2D eigenvalue weighted by Crippen LogP contribution is 2.34. The first-order valence-electron chi connectivity index (χ1n) is 11.6. The molecule has 3 heterocycles. The topological polar surface area (TPSA) is 111 Å². The van der Waals surface area contributed by atoms with E-state index in [0.717, 1.165) is 41.2 Å². The summed E-state index contributed by atoms with van der Waals surface area (Å²) in [6.07, 6.45) is 9.71. The van der Waals surface area contributed by atoms with Gasteiger partial charge in [0.2, 0.25) is 0 Å². The third kappa shape index (κ3) is 6.34. The predicted octanol–water partition coefficient (Wildman–Crippen LogP) is 5.35. The van der Waals surface area contributed by atoms with Gasteiger partial charge in [-0.3, -0.25) is 0 Å². The smallest absolute Gasteiger partial charge is 0.414 e. The minimum Gasteiger partial charge on any atom is -0.473 e. The Balaban J connectivity index is 0.000000455. The Labute approximate surface area is 221 Å². The van der Waals surface area contributed by atoms with Gasteiger partial charge in [0.25, 0.3) is 0 Å². The number of benzene rings is 2. The molecule has 0 bridgehead atoms. The van der Waals surface area contributed by atoms with Crippen molar-refractivity contribution in [3.63, 3.8) is 0 Å². The number of carbonyl (C=O) groups is 2. The van der Waals surface area contributed by atoms with Gasteiger partial charge >= 0.3 is 11.9 Å². The lowest BCUT2D eigenvalue weighted by Gasteiger charge is -2.31. The Bertz CT molecular complexity index is 1350. The third-order valence-corrected chi connectivity index (χ3v) is 7.24. The zero-order valence-electron chi connectivity index (χ0n) is 19.4. The van der Waals surface area contributed by atoms with Crippen LogP contribution in [0.25, 0.3) is 16.6 Å². The number of aliphatic carboxylic acids is 2. The van der Waals surface area contributed by atoms with Gasteiger partial charge in [-0.1, -0.05) is 23.7 Å². The van der Waals surface area contributed by atoms with E-state index >= 15 is 0 Å². The number of piperidine rings is 1. The number of rotatable bonds is 5. The van der Waals surface area contributed by atoms with E-state index in [0.29, 0.717) is 5.92 Å². The monoisotopic (exact) mass is 572 g/mol. The molecule has 1 aliphatic rings. The van der Waals surface area contributed by atoms with Crippen LogP contribution in [0.15, 0.2) is 65.5 Å². The molecule has 5 rings (SSSR count). The van der Waals surface area contributed by atoms with Crippen molar-refractivity contribution in [1.82, 2.24) is 19.7 Å². The summed E-state index contributed by atoms with van der Waals surface area (Å²) in [5, 5.41) is 21.4. The summed E-state index contributed by atoms with van der Waals surface area (Å²) in [5.41, 5.74) is 4.95. The molecule has 8 nitrogen and oxygen atoms in total. The molecule has 0 spiro atoms. The molecule has 4 aromatic rings. The van der Waals surface area contributed by atoms with Crippen molar-refractivity contribution in [2.45, 2.75) is 25.2 Å². The number of aromatic amines is 1. The standard InChI is InChI=1S/C24H24BrClN4.C2H2O4/c25-22-3-1-2-4-24(22)30-16-17(14-28-30)7-10-29-11-8-18(9-12-29)21-15-27-23-6-5-19(26)13-20(21)23;3-1(4)2(5)6/h1-6,13-16,18,27H,7-12H2;(H,3,4)(H,5,6). The van der Waals surface area contributed by atoms with Crippen LogP contribution >= 0.6 is 27.5 Å². The Kier molecular flexibility index (Phi) is 8.45. The van der Waals surface area contributed by atoms with Crippen LogP contribution in [0.5, 0.6) is 0 Å². The number of para-hydroxylation sites is 1. The quantitative estimate of drug-likeness (QED) is 0.278. The summed E-state index contributed by atoms with van der Waals surface area (Å²) in [5.74, 6) is -3.04. The first-order valence-corrected chi connectivity index (χ1v) is 12.7. The van der Waals surface area contributed by atoms with Crippen molar-refractivity contribution >= 4 is 50.4 Å². The number of carboxylic acid groups (broad SMARTS) is 2. The van der Waals surface area contributed by atoms with E-state index in [1.54, 1.807) is 0 Å². The second-order valence-corrected chi connectivity index (χ2v) is 9.95. The number of hydrogen-bond acceptors (Lipinski definition) is 4. The van der Waals surface area contributed by atoms with Gasteiger partial charge < -0.3 is 20.1 Å². The highest BCUT2D eigenvalue weighted by molar-refractivity contribution is 9.10.